The van der Waals surface area contributed by atoms with Crippen LogP contribution in [-0.4, -0.2) is 38.9 Å². The molecule has 1 fully saturated rings. The zero-order valence-electron chi connectivity index (χ0n) is 12.5. The topological polar surface area (TPSA) is 49.4 Å². The molecule has 5 heteroatoms. The van der Waals surface area contributed by atoms with Crippen LogP contribution < -0.4 is 5.32 Å². The minimum atomic E-state index is -3.36. The summed E-state index contributed by atoms with van der Waals surface area (Å²) in [4.78, 5) is 0.442. The third-order valence-corrected chi connectivity index (χ3v) is 6.33. The summed E-state index contributed by atoms with van der Waals surface area (Å²) in [7, 11) is -1.40. The minimum Gasteiger partial charge on any atom is -0.317 e. The maximum absolute atomic E-state index is 12.8. The van der Waals surface area contributed by atoms with Crippen molar-refractivity contribution in [1.29, 1.82) is 0 Å². The predicted octanol–water partition coefficient (Wildman–Crippen LogP) is 2.00. The van der Waals surface area contributed by atoms with Crippen molar-refractivity contribution >= 4 is 10.0 Å². The molecule has 0 amide bonds. The molecule has 112 valence electrons. The normalized spacial score (nSPS) is 24.8. The number of hydrogen-bond acceptors (Lipinski definition) is 3. The number of nitrogens with zero attached hydrogens (tertiary/aromatic N) is 1. The van der Waals surface area contributed by atoms with Crippen LogP contribution in [0.25, 0.3) is 0 Å². The maximum Gasteiger partial charge on any atom is 0.243 e. The average molecular weight is 296 g/mol. The molecular weight excluding hydrogens is 272 g/mol. The number of benzene rings is 1. The van der Waals surface area contributed by atoms with Gasteiger partial charge in [0.15, 0.2) is 0 Å². The van der Waals surface area contributed by atoms with Gasteiger partial charge in [0.25, 0.3) is 0 Å². The molecule has 1 aliphatic heterocycles. The number of piperidine rings is 1. The first-order valence-electron chi connectivity index (χ1n) is 7.23. The van der Waals surface area contributed by atoms with Gasteiger partial charge in [0.1, 0.15) is 0 Å². The van der Waals surface area contributed by atoms with E-state index in [1.807, 2.05) is 26.1 Å². The van der Waals surface area contributed by atoms with Crippen molar-refractivity contribution in [3.8, 4) is 0 Å². The van der Waals surface area contributed by atoms with Gasteiger partial charge in [-0.1, -0.05) is 31.5 Å². The summed E-state index contributed by atoms with van der Waals surface area (Å²) in [5.74, 6) is 0.382. The summed E-state index contributed by atoms with van der Waals surface area (Å²) in [6.07, 6.45) is 1.87. The maximum atomic E-state index is 12.8. The third kappa shape index (κ3) is 2.90. The van der Waals surface area contributed by atoms with Crippen LogP contribution in [-0.2, 0) is 10.0 Å². The third-order valence-electron chi connectivity index (χ3n) is 4.30. The summed E-state index contributed by atoms with van der Waals surface area (Å²) in [6, 6.07) is 7.64. The van der Waals surface area contributed by atoms with Crippen molar-refractivity contribution in [2.24, 2.45) is 5.92 Å². The average Bonchev–Trinajstić information content (AvgIpc) is 2.46. The summed E-state index contributed by atoms with van der Waals surface area (Å²) in [5.41, 5.74) is 0.816. The summed E-state index contributed by atoms with van der Waals surface area (Å²) in [6.45, 7) is 5.18. The minimum absolute atomic E-state index is 0.382. The van der Waals surface area contributed by atoms with E-state index >= 15 is 0 Å². The van der Waals surface area contributed by atoms with Crippen molar-refractivity contribution in [3.05, 3.63) is 29.8 Å². The molecule has 1 N–H and O–H groups in total. The predicted molar refractivity (Wildman–Crippen MR) is 81.2 cm³/mol. The number of aryl methyl sites for hydroxylation is 1. The summed E-state index contributed by atoms with van der Waals surface area (Å²) >= 11 is 0. The van der Waals surface area contributed by atoms with Crippen LogP contribution in [0.5, 0.6) is 0 Å². The molecule has 0 aliphatic carbocycles. The van der Waals surface area contributed by atoms with Crippen molar-refractivity contribution < 1.29 is 8.42 Å². The second-order valence-electron chi connectivity index (χ2n) is 5.48. The molecule has 0 radical (unpaired) electrons. The Morgan fingerprint density at radius 3 is 2.65 bits per heavy atom. The van der Waals surface area contributed by atoms with Crippen LogP contribution in [0.1, 0.15) is 25.3 Å². The lowest BCUT2D eigenvalue weighted by atomic mass is 9.91. The molecule has 1 heterocycles. The van der Waals surface area contributed by atoms with Gasteiger partial charge in [-0.05, 0) is 37.9 Å². The molecule has 2 unspecified atom stereocenters. The number of hydrogen-bond donors (Lipinski definition) is 1. The van der Waals surface area contributed by atoms with Gasteiger partial charge in [0.05, 0.1) is 4.90 Å². The van der Waals surface area contributed by atoms with Crippen molar-refractivity contribution in [3.63, 3.8) is 0 Å². The second-order valence-corrected chi connectivity index (χ2v) is 7.39. The molecule has 4 nitrogen and oxygen atoms in total. The SMILES string of the molecule is CCC1CN(S(=O)(=O)c2ccccc2C)CCC1NC. The van der Waals surface area contributed by atoms with E-state index in [9.17, 15) is 8.42 Å². The zero-order chi connectivity index (χ0) is 14.8. The van der Waals surface area contributed by atoms with Gasteiger partial charge in [-0.25, -0.2) is 8.42 Å². The Balaban J connectivity index is 2.26. The second kappa shape index (κ2) is 6.24. The van der Waals surface area contributed by atoms with Crippen LogP contribution in [0.2, 0.25) is 0 Å². The Labute approximate surface area is 122 Å². The van der Waals surface area contributed by atoms with Crippen LogP contribution in [0, 0.1) is 12.8 Å². The van der Waals surface area contributed by atoms with Crippen LogP contribution >= 0.6 is 0 Å². The molecule has 20 heavy (non-hydrogen) atoms. The van der Waals surface area contributed by atoms with Gasteiger partial charge >= 0.3 is 0 Å². The molecule has 2 atom stereocenters. The summed E-state index contributed by atoms with van der Waals surface area (Å²) in [5, 5.41) is 3.31. The molecule has 1 aromatic carbocycles. The van der Waals surface area contributed by atoms with E-state index < -0.39 is 10.0 Å². The van der Waals surface area contributed by atoms with Crippen LogP contribution in [0.4, 0.5) is 0 Å². The highest BCUT2D eigenvalue weighted by atomic mass is 32.2. The van der Waals surface area contributed by atoms with E-state index in [0.717, 1.165) is 18.4 Å². The van der Waals surface area contributed by atoms with E-state index in [1.54, 1.807) is 16.4 Å². The number of rotatable bonds is 4. The Hall–Kier alpha value is -0.910. The molecule has 1 aliphatic rings. The van der Waals surface area contributed by atoms with Crippen LogP contribution in [0.3, 0.4) is 0 Å². The molecular formula is C15H24N2O2S. The van der Waals surface area contributed by atoms with E-state index in [2.05, 4.69) is 12.2 Å². The van der Waals surface area contributed by atoms with Crippen LogP contribution in [0.15, 0.2) is 29.2 Å². The smallest absolute Gasteiger partial charge is 0.243 e. The molecule has 0 bridgehead atoms. The molecule has 0 aromatic heterocycles. The molecule has 1 saturated heterocycles. The zero-order valence-corrected chi connectivity index (χ0v) is 13.3. The monoisotopic (exact) mass is 296 g/mol. The highest BCUT2D eigenvalue weighted by Gasteiger charge is 2.34. The van der Waals surface area contributed by atoms with Crippen molar-refractivity contribution in [2.75, 3.05) is 20.1 Å². The standard InChI is InChI=1S/C15H24N2O2S/c1-4-13-11-17(10-9-14(13)16-3)20(18,19)15-8-6-5-7-12(15)2/h5-8,13-14,16H,4,9-11H2,1-3H3. The molecule has 0 saturated carbocycles. The lowest BCUT2D eigenvalue weighted by molar-refractivity contribution is 0.209. The van der Waals surface area contributed by atoms with Gasteiger partial charge < -0.3 is 5.32 Å². The van der Waals surface area contributed by atoms with Crippen molar-refractivity contribution in [1.82, 2.24) is 9.62 Å². The van der Waals surface area contributed by atoms with Gasteiger partial charge in [0.2, 0.25) is 10.0 Å². The first kappa shape index (κ1) is 15.5. The van der Waals surface area contributed by atoms with E-state index in [-0.39, 0.29) is 0 Å². The Kier molecular flexibility index (Phi) is 4.83. The highest BCUT2D eigenvalue weighted by Crippen LogP contribution is 2.27. The molecule has 2 rings (SSSR count). The fourth-order valence-corrected chi connectivity index (χ4v) is 4.73. The molecule has 1 aromatic rings. The van der Waals surface area contributed by atoms with Gasteiger partial charge in [0, 0.05) is 19.1 Å². The first-order chi connectivity index (χ1) is 9.50. The molecule has 0 spiro atoms. The Bertz CT molecular complexity index is 557. The fraction of sp³-hybridized carbons (Fsp3) is 0.600. The lowest BCUT2D eigenvalue weighted by Gasteiger charge is -2.37. The fourth-order valence-electron chi connectivity index (χ4n) is 3.00. The van der Waals surface area contributed by atoms with E-state index in [1.165, 1.54) is 0 Å². The quantitative estimate of drug-likeness (QED) is 0.924. The van der Waals surface area contributed by atoms with Crippen molar-refractivity contribution in [2.45, 2.75) is 37.6 Å². The number of nitrogens with one attached hydrogen (secondary N) is 1. The van der Waals surface area contributed by atoms with Gasteiger partial charge in [-0.15, -0.1) is 0 Å². The largest absolute Gasteiger partial charge is 0.317 e. The Morgan fingerprint density at radius 2 is 2.05 bits per heavy atom. The first-order valence-corrected chi connectivity index (χ1v) is 8.67. The lowest BCUT2D eigenvalue weighted by Crippen LogP contribution is -2.50. The number of sulfonamides is 1. The van der Waals surface area contributed by atoms with Gasteiger partial charge in [-0.3, -0.25) is 0 Å². The van der Waals surface area contributed by atoms with E-state index in [0.29, 0.717) is 29.9 Å². The van der Waals surface area contributed by atoms with Gasteiger partial charge in [-0.2, -0.15) is 4.31 Å². The summed E-state index contributed by atoms with van der Waals surface area (Å²) < 4.78 is 27.2. The van der Waals surface area contributed by atoms with E-state index in [4.69, 9.17) is 0 Å². The highest BCUT2D eigenvalue weighted by molar-refractivity contribution is 7.89. The Morgan fingerprint density at radius 1 is 1.35 bits per heavy atom.